The number of esters is 1. The maximum Gasteiger partial charge on any atom is 0.338 e. The molecule has 2 N–H and O–H groups in total. The molecule has 0 spiro atoms. The second-order valence-corrected chi connectivity index (χ2v) is 5.72. The molecule has 2 amide bonds. The molecule has 138 valence electrons. The molecule has 2 aromatic carbocycles. The van der Waals surface area contributed by atoms with Crippen LogP contribution in [-0.2, 0) is 9.53 Å². The van der Waals surface area contributed by atoms with Crippen molar-refractivity contribution in [2.45, 2.75) is 13.0 Å². The number of nitro groups is 1. The van der Waals surface area contributed by atoms with Gasteiger partial charge in [0, 0.05) is 6.07 Å². The molecule has 3 rings (SSSR count). The summed E-state index contributed by atoms with van der Waals surface area (Å²) < 4.78 is 5.16. The first-order valence-corrected chi connectivity index (χ1v) is 8.30. The highest BCUT2D eigenvalue weighted by Gasteiger charge is 2.37. The maximum atomic E-state index is 12.7. The summed E-state index contributed by atoms with van der Waals surface area (Å²) in [7, 11) is 0. The number of carbonyl (C=O) groups is 2. The van der Waals surface area contributed by atoms with Crippen molar-refractivity contribution in [3.8, 4) is 0 Å². The molecule has 0 fully saturated rings. The number of hydrogen-bond acceptors (Lipinski definition) is 5. The number of para-hydroxylation sites is 1. The second kappa shape index (κ2) is 7.69. The fourth-order valence-corrected chi connectivity index (χ4v) is 2.96. The monoisotopic (exact) mass is 367 g/mol. The Labute approximate surface area is 155 Å². The summed E-state index contributed by atoms with van der Waals surface area (Å²) in [5, 5.41) is 16.7. The van der Waals surface area contributed by atoms with Crippen LogP contribution in [-0.4, -0.2) is 23.5 Å². The Balaban J connectivity index is 2.24. The van der Waals surface area contributed by atoms with Crippen molar-refractivity contribution in [1.82, 2.24) is 10.6 Å². The van der Waals surface area contributed by atoms with Gasteiger partial charge in [0.2, 0.25) is 0 Å². The summed E-state index contributed by atoms with van der Waals surface area (Å²) in [6.45, 7) is 1.79. The van der Waals surface area contributed by atoms with E-state index in [9.17, 15) is 19.7 Å². The molecule has 1 atom stereocenters. The van der Waals surface area contributed by atoms with Crippen LogP contribution >= 0.6 is 0 Å². The van der Waals surface area contributed by atoms with Crippen LogP contribution in [0.15, 0.2) is 60.2 Å². The lowest BCUT2D eigenvalue weighted by atomic mass is 9.91. The Kier molecular flexibility index (Phi) is 5.16. The highest BCUT2D eigenvalue weighted by molar-refractivity contribution is 6.04. The molecular weight excluding hydrogens is 350 g/mol. The van der Waals surface area contributed by atoms with Crippen LogP contribution in [0.2, 0.25) is 0 Å². The van der Waals surface area contributed by atoms with Crippen LogP contribution < -0.4 is 10.6 Å². The van der Waals surface area contributed by atoms with E-state index in [1.807, 2.05) is 0 Å². The number of urea groups is 1. The lowest BCUT2D eigenvalue weighted by Crippen LogP contribution is -2.45. The number of amides is 2. The molecule has 0 radical (unpaired) electrons. The normalized spacial score (nSPS) is 16.3. The molecule has 27 heavy (non-hydrogen) atoms. The predicted molar refractivity (Wildman–Crippen MR) is 97.5 cm³/mol. The minimum absolute atomic E-state index is 0.108. The summed E-state index contributed by atoms with van der Waals surface area (Å²) in [6, 6.07) is 13.2. The van der Waals surface area contributed by atoms with Gasteiger partial charge < -0.3 is 15.4 Å². The number of benzene rings is 2. The fraction of sp³-hybridized carbons (Fsp3) is 0.158. The summed E-state index contributed by atoms with van der Waals surface area (Å²) >= 11 is 0. The maximum absolute atomic E-state index is 12.7. The highest BCUT2D eigenvalue weighted by Crippen LogP contribution is 2.35. The second-order valence-electron chi connectivity index (χ2n) is 5.72. The number of nitrogens with one attached hydrogen (secondary N) is 2. The number of hydrogen-bond donors (Lipinski definition) is 2. The minimum Gasteiger partial charge on any atom is -0.463 e. The first-order valence-electron chi connectivity index (χ1n) is 8.30. The van der Waals surface area contributed by atoms with E-state index >= 15 is 0 Å². The molecule has 8 nitrogen and oxygen atoms in total. The molecule has 0 aliphatic carbocycles. The van der Waals surface area contributed by atoms with Crippen molar-refractivity contribution in [2.75, 3.05) is 6.61 Å². The predicted octanol–water partition coefficient (Wildman–Crippen LogP) is 2.92. The van der Waals surface area contributed by atoms with Crippen molar-refractivity contribution in [2.24, 2.45) is 0 Å². The van der Waals surface area contributed by atoms with Crippen LogP contribution in [0.3, 0.4) is 0 Å². The van der Waals surface area contributed by atoms with Crippen LogP contribution in [0.5, 0.6) is 0 Å². The average molecular weight is 367 g/mol. The molecule has 0 saturated heterocycles. The van der Waals surface area contributed by atoms with Gasteiger partial charge in [0.05, 0.1) is 34.4 Å². The highest BCUT2D eigenvalue weighted by atomic mass is 16.6. The van der Waals surface area contributed by atoms with Gasteiger partial charge in [-0.25, -0.2) is 9.59 Å². The van der Waals surface area contributed by atoms with Gasteiger partial charge in [-0.3, -0.25) is 10.1 Å². The first-order chi connectivity index (χ1) is 13.0. The van der Waals surface area contributed by atoms with Crippen molar-refractivity contribution in [1.29, 1.82) is 0 Å². The summed E-state index contributed by atoms with van der Waals surface area (Å²) in [4.78, 5) is 35.9. The first kappa shape index (κ1) is 18.1. The van der Waals surface area contributed by atoms with Gasteiger partial charge >= 0.3 is 12.0 Å². The molecule has 1 aliphatic rings. The largest absolute Gasteiger partial charge is 0.463 e. The number of carbonyl (C=O) groups excluding carboxylic acids is 2. The molecule has 1 heterocycles. The number of nitrogens with zero attached hydrogens (tertiary/aromatic N) is 1. The quantitative estimate of drug-likeness (QED) is 0.480. The summed E-state index contributed by atoms with van der Waals surface area (Å²) in [5.74, 6) is -0.660. The molecular formula is C19H17N3O5. The molecule has 0 bridgehead atoms. The van der Waals surface area contributed by atoms with Gasteiger partial charge in [-0.1, -0.05) is 42.5 Å². The summed E-state index contributed by atoms with van der Waals surface area (Å²) in [5.41, 5.74) is 0.977. The molecule has 1 aliphatic heterocycles. The third kappa shape index (κ3) is 3.64. The Bertz CT molecular complexity index is 924. The average Bonchev–Trinajstić information content (AvgIpc) is 2.68. The minimum atomic E-state index is -1.02. The number of ether oxygens (including phenoxy) is 1. The van der Waals surface area contributed by atoms with Crippen LogP contribution in [0.1, 0.15) is 24.1 Å². The van der Waals surface area contributed by atoms with E-state index < -0.39 is 23.0 Å². The van der Waals surface area contributed by atoms with E-state index in [1.165, 1.54) is 18.2 Å². The van der Waals surface area contributed by atoms with E-state index in [0.29, 0.717) is 5.56 Å². The fourth-order valence-electron chi connectivity index (χ4n) is 2.96. The van der Waals surface area contributed by atoms with E-state index in [4.69, 9.17) is 4.74 Å². The molecule has 0 saturated carbocycles. The smallest absolute Gasteiger partial charge is 0.338 e. The Hall–Kier alpha value is -3.68. The van der Waals surface area contributed by atoms with E-state index in [2.05, 4.69) is 10.6 Å². The van der Waals surface area contributed by atoms with Gasteiger partial charge in [0.15, 0.2) is 0 Å². The standard InChI is InChI=1S/C19H17N3O5/c1-2-27-18(23)15-16(12-8-4-3-5-9-12)20-19(24)21-17(15)13-10-6-7-11-14(13)22(25)26/h3-11,17H,2H2,1H3,(H2,20,21,24)/t17-/m0/s1. The molecule has 8 heteroatoms. The van der Waals surface area contributed by atoms with Crippen LogP contribution in [0, 0.1) is 10.1 Å². The van der Waals surface area contributed by atoms with E-state index in [1.54, 1.807) is 43.3 Å². The molecule has 2 aromatic rings. The SMILES string of the molecule is CCOC(=O)C1=C(c2ccccc2)NC(=O)N[C@H]1c1ccccc1[N+](=O)[O-]. The van der Waals surface area contributed by atoms with Gasteiger partial charge in [-0.2, -0.15) is 0 Å². The third-order valence-electron chi connectivity index (χ3n) is 4.07. The van der Waals surface area contributed by atoms with E-state index in [-0.39, 0.29) is 29.1 Å². The molecule has 0 aromatic heterocycles. The zero-order valence-electron chi connectivity index (χ0n) is 14.5. The van der Waals surface area contributed by atoms with Crippen molar-refractivity contribution in [3.63, 3.8) is 0 Å². The lowest BCUT2D eigenvalue weighted by molar-refractivity contribution is -0.385. The topological polar surface area (TPSA) is 111 Å². The lowest BCUT2D eigenvalue weighted by Gasteiger charge is -2.29. The molecule has 0 unspecified atom stereocenters. The number of rotatable bonds is 5. The van der Waals surface area contributed by atoms with Crippen LogP contribution in [0.4, 0.5) is 10.5 Å². The zero-order valence-corrected chi connectivity index (χ0v) is 14.5. The van der Waals surface area contributed by atoms with Gasteiger partial charge in [-0.15, -0.1) is 0 Å². The van der Waals surface area contributed by atoms with Crippen molar-refractivity contribution in [3.05, 3.63) is 81.4 Å². The zero-order chi connectivity index (χ0) is 19.4. The van der Waals surface area contributed by atoms with E-state index in [0.717, 1.165) is 0 Å². The Morgan fingerprint density at radius 2 is 1.81 bits per heavy atom. The van der Waals surface area contributed by atoms with Crippen LogP contribution in [0.25, 0.3) is 5.70 Å². The van der Waals surface area contributed by atoms with Gasteiger partial charge in [0.1, 0.15) is 0 Å². The third-order valence-corrected chi connectivity index (χ3v) is 4.07. The summed E-state index contributed by atoms with van der Waals surface area (Å²) in [6.07, 6.45) is 0. The van der Waals surface area contributed by atoms with Gasteiger partial charge in [-0.05, 0) is 18.6 Å². The van der Waals surface area contributed by atoms with Gasteiger partial charge in [0.25, 0.3) is 5.69 Å². The Morgan fingerprint density at radius 3 is 2.48 bits per heavy atom. The Morgan fingerprint density at radius 1 is 1.15 bits per heavy atom. The van der Waals surface area contributed by atoms with Crippen molar-refractivity contribution < 1.29 is 19.2 Å². The van der Waals surface area contributed by atoms with Crippen molar-refractivity contribution >= 4 is 23.4 Å². The number of nitro benzene ring substituents is 1.